The van der Waals surface area contributed by atoms with Crippen LogP contribution in [0.3, 0.4) is 0 Å². The van der Waals surface area contributed by atoms with E-state index in [0.717, 1.165) is 12.8 Å². The number of allylic oxidation sites excluding steroid dienone is 4. The first-order valence-corrected chi connectivity index (χ1v) is 31.1. The summed E-state index contributed by atoms with van der Waals surface area (Å²) in [4.78, 5) is 2.70. The third-order valence-electron chi connectivity index (χ3n) is 11.5. The van der Waals surface area contributed by atoms with Crippen LogP contribution in [0.1, 0.15) is 45.2 Å². The first-order valence-electron chi connectivity index (χ1n) is 15.4. The van der Waals surface area contributed by atoms with Crippen LogP contribution >= 0.6 is 0 Å². The summed E-state index contributed by atoms with van der Waals surface area (Å²) >= 11 is -5.77. The van der Waals surface area contributed by atoms with Gasteiger partial charge in [-0.3, -0.25) is 0 Å². The molecule has 0 unspecified atom stereocenters. The van der Waals surface area contributed by atoms with Gasteiger partial charge in [-0.2, -0.15) is 0 Å². The van der Waals surface area contributed by atoms with Crippen LogP contribution in [-0.2, 0) is 20.9 Å². The van der Waals surface area contributed by atoms with Gasteiger partial charge in [-0.05, 0) is 0 Å². The van der Waals surface area contributed by atoms with E-state index < -0.39 is 14.4 Å². The Morgan fingerprint density at radius 3 is 1.78 bits per heavy atom. The van der Waals surface area contributed by atoms with Crippen LogP contribution in [-0.4, -0.2) is 19.0 Å². The Bertz CT molecular complexity index is 1810. The molecule has 0 spiro atoms. The molecule has 0 radical (unpaired) electrons. The van der Waals surface area contributed by atoms with Gasteiger partial charge < -0.3 is 0 Å². The Morgan fingerprint density at radius 1 is 0.683 bits per heavy atom. The molecule has 0 amide bonds. The summed E-state index contributed by atoms with van der Waals surface area (Å²) < 4.78 is 11.7. The van der Waals surface area contributed by atoms with E-state index in [2.05, 4.69) is 164 Å². The van der Waals surface area contributed by atoms with Crippen LogP contribution in [0, 0.1) is 0 Å². The number of hydrogen-bond acceptors (Lipinski definition) is 1. The van der Waals surface area contributed by atoms with Crippen molar-refractivity contribution in [2.24, 2.45) is 0 Å². The minimum absolute atomic E-state index is 0.359. The summed E-state index contributed by atoms with van der Waals surface area (Å²) in [7, 11) is 0. The van der Waals surface area contributed by atoms with Gasteiger partial charge in [0.1, 0.15) is 0 Å². The van der Waals surface area contributed by atoms with Crippen LogP contribution in [0.5, 0.6) is 0 Å². The first kappa shape index (κ1) is 28.4. The van der Waals surface area contributed by atoms with Crippen molar-refractivity contribution in [3.63, 3.8) is 0 Å². The van der Waals surface area contributed by atoms with Crippen molar-refractivity contribution < 1.29 is 14.4 Å². The molecule has 0 saturated heterocycles. The van der Waals surface area contributed by atoms with E-state index in [9.17, 15) is 0 Å². The number of hydrogen-bond donors (Lipinski definition) is 0. The van der Waals surface area contributed by atoms with Crippen molar-refractivity contribution in [2.75, 3.05) is 4.90 Å². The Kier molecular flexibility index (Phi) is 5.99. The quantitative estimate of drug-likeness (QED) is 0.169. The fourth-order valence-electron chi connectivity index (χ4n) is 9.23. The van der Waals surface area contributed by atoms with Crippen molar-refractivity contribution in [2.45, 2.75) is 61.9 Å². The fourth-order valence-corrected chi connectivity index (χ4v) is 39.8. The SMILES string of the molecule is CC(C)N(c1ccc2c([c]1[Zr]([CH3])([CH3])(=[SiH2])([C]1=CC=CC1)([c]1ccccc1)[c]1ccccc1)Cc1ccccc1-2)C(C)C. The maximum atomic E-state index is 2.76. The molecule has 2 aliphatic carbocycles. The number of anilines is 1. The van der Waals surface area contributed by atoms with E-state index in [4.69, 9.17) is 0 Å². The Balaban J connectivity index is 1.97. The number of benzene rings is 4. The van der Waals surface area contributed by atoms with E-state index in [-0.39, 0.29) is 0 Å². The third-order valence-corrected chi connectivity index (χ3v) is 48.8. The number of nitrogens with zero attached hydrogens (tertiary/aromatic N) is 1. The third kappa shape index (κ3) is 3.43. The maximum absolute atomic E-state index is 5.77. The molecule has 2 aliphatic rings. The second-order valence-electron chi connectivity index (χ2n) is 15.1. The molecule has 4 aromatic carbocycles. The van der Waals surface area contributed by atoms with Crippen LogP contribution in [0.2, 0.25) is 9.26 Å². The molecule has 0 N–H and O–H groups in total. The summed E-state index contributed by atoms with van der Waals surface area (Å²) in [6, 6.07) is 38.0. The Hall–Kier alpha value is -2.74. The van der Waals surface area contributed by atoms with Crippen molar-refractivity contribution in [3.8, 4) is 11.1 Å². The summed E-state index contributed by atoms with van der Waals surface area (Å²) in [6.07, 6.45) is 9.13. The van der Waals surface area contributed by atoms with Gasteiger partial charge in [0.25, 0.3) is 0 Å². The van der Waals surface area contributed by atoms with Crippen LogP contribution in [0.4, 0.5) is 5.69 Å². The van der Waals surface area contributed by atoms with E-state index in [1.54, 1.807) is 6.55 Å². The number of rotatable bonds is 7. The van der Waals surface area contributed by atoms with E-state index in [1.807, 2.05) is 0 Å². The van der Waals surface area contributed by atoms with Crippen molar-refractivity contribution in [1.82, 2.24) is 0 Å². The van der Waals surface area contributed by atoms with E-state index in [0.29, 0.717) is 12.1 Å². The van der Waals surface area contributed by atoms with Crippen molar-refractivity contribution in [1.29, 1.82) is 0 Å². The molecule has 0 saturated carbocycles. The predicted molar refractivity (Wildman–Crippen MR) is 181 cm³/mol. The summed E-state index contributed by atoms with van der Waals surface area (Å²) in [6.45, 7) is 11.8. The average Bonchev–Trinajstić information content (AvgIpc) is 3.64. The van der Waals surface area contributed by atoms with Gasteiger partial charge in [0.2, 0.25) is 0 Å². The molecule has 4 aromatic rings. The second-order valence-corrected chi connectivity index (χ2v) is 60.4. The van der Waals surface area contributed by atoms with Crippen molar-refractivity contribution >= 4 is 22.4 Å². The van der Waals surface area contributed by atoms with Gasteiger partial charge in [-0.1, -0.05) is 0 Å². The molecule has 0 aliphatic heterocycles. The van der Waals surface area contributed by atoms with E-state index >= 15 is 0 Å². The molecule has 0 bridgehead atoms. The summed E-state index contributed by atoms with van der Waals surface area (Å²) in [5.41, 5.74) is 7.18. The van der Waals surface area contributed by atoms with Gasteiger partial charge in [0, 0.05) is 0 Å². The molecular formula is C38H45NSiZr. The van der Waals surface area contributed by atoms with Gasteiger partial charge in [-0.25, -0.2) is 0 Å². The normalized spacial score (nSPS) is 16.9. The minimum atomic E-state index is -5.77. The zero-order valence-electron chi connectivity index (χ0n) is 25.7. The Morgan fingerprint density at radius 2 is 1.24 bits per heavy atom. The van der Waals surface area contributed by atoms with Gasteiger partial charge in [-0.15, -0.1) is 0 Å². The molecule has 6 rings (SSSR count). The zero-order valence-corrected chi connectivity index (χ0v) is 29.6. The predicted octanol–water partition coefficient (Wildman–Crippen LogP) is 7.41. The molecule has 210 valence electrons. The first-order chi connectivity index (χ1) is 19.4. The fraction of sp³-hybridized carbons (Fsp3) is 0.263. The van der Waals surface area contributed by atoms with Crippen molar-refractivity contribution in [3.05, 3.63) is 130 Å². The summed E-state index contributed by atoms with van der Waals surface area (Å²) in [5, 5.41) is 0. The zero-order chi connectivity index (χ0) is 29.2. The monoisotopic (exact) mass is 633 g/mol. The molecule has 0 heterocycles. The Labute approximate surface area is 243 Å². The molecule has 1 nitrogen and oxygen atoms in total. The van der Waals surface area contributed by atoms with Gasteiger partial charge in [0.15, 0.2) is 0 Å². The molecule has 0 aromatic heterocycles. The molecule has 0 fully saturated rings. The van der Waals surface area contributed by atoms with Crippen LogP contribution in [0.25, 0.3) is 11.1 Å². The van der Waals surface area contributed by atoms with Gasteiger partial charge >= 0.3 is 244 Å². The van der Waals surface area contributed by atoms with E-state index in [1.165, 1.54) is 34.5 Å². The average molecular weight is 635 g/mol. The number of fused-ring (bicyclic) bond motifs is 3. The topological polar surface area (TPSA) is 3.24 Å². The standard InChI is InChI=1S/C19H22N.2C6H5.C5H5.2CH3.H2Si.Zr/c1-13(2)20(14(3)4)17-9-10-19-16(12-17)11-15-7-5-6-8-18(15)19;2*1-2-4-6-5-3-1;1-2-4-5-3-1;;;;/h5-10,13-14H,11H2,1-4H3;2*1-5H;1-3H,4H2;2*1H3;1H2;. The van der Waals surface area contributed by atoms with Gasteiger partial charge in [0.05, 0.1) is 0 Å². The summed E-state index contributed by atoms with van der Waals surface area (Å²) in [5.74, 6) is 0. The second kappa shape index (κ2) is 8.65. The molecule has 3 heteroatoms. The van der Waals surface area contributed by atoms with Crippen LogP contribution in [0.15, 0.2) is 119 Å². The molecule has 0 atom stereocenters. The molecule has 41 heavy (non-hydrogen) atoms. The molecular weight excluding hydrogens is 590 g/mol. The van der Waals surface area contributed by atoms with Crippen LogP contribution < -0.4 is 14.7 Å².